The van der Waals surface area contributed by atoms with Gasteiger partial charge in [0.15, 0.2) is 0 Å². The normalized spacial score (nSPS) is 16.3. The summed E-state index contributed by atoms with van der Waals surface area (Å²) in [5.41, 5.74) is 0. The van der Waals surface area contributed by atoms with Gasteiger partial charge < -0.3 is 48.4 Å². The van der Waals surface area contributed by atoms with Gasteiger partial charge in [-0.15, -0.1) is 0 Å². The number of methoxy groups -OCH3 is 1. The molecule has 0 radical (unpaired) electrons. The monoisotopic (exact) mass is 953 g/mol. The van der Waals surface area contributed by atoms with Crippen LogP contribution < -0.4 is 0 Å². The molecular formula is C50H100N2O14. The Morgan fingerprint density at radius 1 is 0.621 bits per heavy atom. The number of rotatable bonds is 21. The molecule has 2 aliphatic rings. The number of ether oxygens (including phenoxy) is 6. The van der Waals surface area contributed by atoms with E-state index in [1.54, 1.807) is 21.0 Å². The van der Waals surface area contributed by atoms with Gasteiger partial charge in [0.1, 0.15) is 19.3 Å². The summed E-state index contributed by atoms with van der Waals surface area (Å²) in [6.45, 7) is 34.0. The first-order valence-corrected chi connectivity index (χ1v) is 24.3. The average molecular weight is 953 g/mol. The Hall–Kier alpha value is -3.34. The predicted octanol–water partition coefficient (Wildman–Crippen LogP) is 8.06. The Labute approximate surface area is 401 Å². The highest BCUT2D eigenvalue weighted by Gasteiger charge is 2.24. The molecule has 2 amide bonds. The first-order chi connectivity index (χ1) is 30.6. The lowest BCUT2D eigenvalue weighted by atomic mass is 10.1. The summed E-state index contributed by atoms with van der Waals surface area (Å²) in [5.74, 6) is 0.0748. The van der Waals surface area contributed by atoms with Crippen molar-refractivity contribution in [2.24, 2.45) is 29.6 Å². The average Bonchev–Trinajstić information content (AvgIpc) is 3.76. The van der Waals surface area contributed by atoms with E-state index in [0.29, 0.717) is 45.0 Å². The van der Waals surface area contributed by atoms with Crippen LogP contribution in [0.4, 0.5) is 0 Å². The molecule has 16 heteroatoms. The molecule has 0 spiro atoms. The molecule has 16 nitrogen and oxygen atoms in total. The summed E-state index contributed by atoms with van der Waals surface area (Å²) in [7, 11) is 1.58. The molecular weight excluding hydrogens is 853 g/mol. The van der Waals surface area contributed by atoms with Crippen molar-refractivity contribution in [1.29, 1.82) is 0 Å². The fourth-order valence-electron chi connectivity index (χ4n) is 4.70. The quantitative estimate of drug-likeness (QED) is 0.0635. The molecule has 0 aliphatic carbocycles. The fourth-order valence-corrected chi connectivity index (χ4v) is 4.70. The van der Waals surface area contributed by atoms with Crippen LogP contribution in [0.1, 0.15) is 169 Å². The number of aliphatic hydroxyl groups is 2. The molecule has 0 aromatic heterocycles. The SMILES string of the molecule is C.CCC(C)C(=O)N1CCOCC1.CCC(C)C(=O)OC(C)CO.CCC(C)C(=O)OCC(C)O.CCC(C)C(=O)OCCOC.CCC(C)N1CCCC1=O.CCCOC(=O)C(C)CC. The van der Waals surface area contributed by atoms with Crippen molar-refractivity contribution in [3.63, 3.8) is 0 Å². The molecule has 2 saturated heterocycles. The van der Waals surface area contributed by atoms with Crippen molar-refractivity contribution in [3.8, 4) is 0 Å². The van der Waals surface area contributed by atoms with Gasteiger partial charge in [-0.3, -0.25) is 28.8 Å². The predicted molar refractivity (Wildman–Crippen MR) is 261 cm³/mol. The molecule has 0 saturated carbocycles. The molecule has 66 heavy (non-hydrogen) atoms. The van der Waals surface area contributed by atoms with Crippen molar-refractivity contribution in [2.45, 2.75) is 187 Å². The molecule has 2 heterocycles. The summed E-state index contributed by atoms with van der Waals surface area (Å²) in [6, 6.07) is 0.454. The summed E-state index contributed by atoms with van der Waals surface area (Å²) in [4.78, 5) is 70.4. The van der Waals surface area contributed by atoms with Crippen molar-refractivity contribution in [2.75, 3.05) is 73.0 Å². The molecule has 2 N–H and O–H groups in total. The Morgan fingerprint density at radius 2 is 1.06 bits per heavy atom. The first-order valence-electron chi connectivity index (χ1n) is 24.3. The van der Waals surface area contributed by atoms with Gasteiger partial charge in [-0.05, 0) is 72.1 Å². The molecule has 2 rings (SSSR count). The van der Waals surface area contributed by atoms with Gasteiger partial charge in [0, 0.05) is 45.1 Å². The van der Waals surface area contributed by atoms with E-state index in [1.807, 2.05) is 86.0 Å². The molecule has 8 atom stereocenters. The van der Waals surface area contributed by atoms with Crippen LogP contribution in [0.15, 0.2) is 0 Å². The summed E-state index contributed by atoms with van der Waals surface area (Å²) in [6.07, 6.45) is 7.03. The number of carbonyl (C=O) groups is 6. The van der Waals surface area contributed by atoms with E-state index in [1.165, 1.54) is 0 Å². The van der Waals surface area contributed by atoms with Crippen molar-refractivity contribution >= 4 is 35.7 Å². The van der Waals surface area contributed by atoms with Crippen LogP contribution in [0.25, 0.3) is 0 Å². The van der Waals surface area contributed by atoms with E-state index in [-0.39, 0.29) is 86.1 Å². The second-order valence-corrected chi connectivity index (χ2v) is 16.7. The Morgan fingerprint density at radius 3 is 1.42 bits per heavy atom. The molecule has 8 unspecified atom stereocenters. The zero-order valence-corrected chi connectivity index (χ0v) is 43.7. The minimum Gasteiger partial charge on any atom is -0.465 e. The lowest BCUT2D eigenvalue weighted by molar-refractivity contribution is -0.154. The van der Waals surface area contributed by atoms with Crippen LogP contribution >= 0.6 is 0 Å². The van der Waals surface area contributed by atoms with E-state index in [2.05, 4.69) is 13.8 Å². The third-order valence-corrected chi connectivity index (χ3v) is 10.7. The zero-order chi connectivity index (χ0) is 50.9. The highest BCUT2D eigenvalue weighted by molar-refractivity contribution is 5.79. The molecule has 2 aliphatic heterocycles. The number of amides is 2. The lowest BCUT2D eigenvalue weighted by Crippen LogP contribution is -2.43. The highest BCUT2D eigenvalue weighted by atomic mass is 16.6. The number of aliphatic hydroxyl groups excluding tert-OH is 2. The second-order valence-electron chi connectivity index (χ2n) is 16.7. The smallest absolute Gasteiger partial charge is 0.308 e. The summed E-state index contributed by atoms with van der Waals surface area (Å²) < 4.78 is 29.3. The van der Waals surface area contributed by atoms with E-state index in [0.717, 1.165) is 77.4 Å². The number of carbonyl (C=O) groups excluding carboxylic acids is 6. The maximum absolute atomic E-state index is 11.6. The van der Waals surface area contributed by atoms with E-state index >= 15 is 0 Å². The Balaban J connectivity index is -0.000000225. The zero-order valence-electron chi connectivity index (χ0n) is 43.7. The van der Waals surface area contributed by atoms with Gasteiger partial charge in [0.25, 0.3) is 0 Å². The Bertz CT molecular complexity index is 1210. The number of likely N-dealkylation sites (tertiary alicyclic amines) is 1. The third-order valence-electron chi connectivity index (χ3n) is 10.7. The highest BCUT2D eigenvalue weighted by Crippen LogP contribution is 2.15. The minimum atomic E-state index is -0.567. The van der Waals surface area contributed by atoms with Crippen molar-refractivity contribution < 1.29 is 67.4 Å². The van der Waals surface area contributed by atoms with Crippen LogP contribution in [0.3, 0.4) is 0 Å². The van der Waals surface area contributed by atoms with Crippen LogP contribution in [0.5, 0.6) is 0 Å². The molecule has 0 bridgehead atoms. The molecule has 0 aromatic rings. The number of hydrogen-bond donors (Lipinski definition) is 2. The fraction of sp³-hybridized carbons (Fsp3) is 0.880. The van der Waals surface area contributed by atoms with Crippen LogP contribution in [0, 0.1) is 29.6 Å². The second kappa shape index (κ2) is 46.8. The van der Waals surface area contributed by atoms with Gasteiger partial charge in [-0.25, -0.2) is 0 Å². The molecule has 394 valence electrons. The van der Waals surface area contributed by atoms with Gasteiger partial charge >= 0.3 is 23.9 Å². The van der Waals surface area contributed by atoms with Crippen molar-refractivity contribution in [1.82, 2.24) is 9.80 Å². The third kappa shape index (κ3) is 38.7. The van der Waals surface area contributed by atoms with Crippen LogP contribution in [-0.4, -0.2) is 147 Å². The number of hydrogen-bond acceptors (Lipinski definition) is 14. The summed E-state index contributed by atoms with van der Waals surface area (Å²) in [5, 5.41) is 17.3. The van der Waals surface area contributed by atoms with Gasteiger partial charge in [-0.1, -0.05) is 90.5 Å². The van der Waals surface area contributed by atoms with Crippen LogP contribution in [0.2, 0.25) is 0 Å². The first kappa shape index (κ1) is 71.7. The van der Waals surface area contributed by atoms with E-state index in [9.17, 15) is 28.8 Å². The topological polar surface area (TPSA) is 205 Å². The van der Waals surface area contributed by atoms with E-state index < -0.39 is 6.10 Å². The van der Waals surface area contributed by atoms with E-state index in [4.69, 9.17) is 38.6 Å². The number of morpholine rings is 1. The van der Waals surface area contributed by atoms with Crippen LogP contribution in [-0.2, 0) is 57.2 Å². The maximum Gasteiger partial charge on any atom is 0.308 e. The van der Waals surface area contributed by atoms with Gasteiger partial charge in [0.05, 0.1) is 62.8 Å². The lowest BCUT2D eigenvalue weighted by Gasteiger charge is -2.28. The largest absolute Gasteiger partial charge is 0.465 e. The molecule has 0 aromatic carbocycles. The number of nitrogens with zero attached hydrogens (tertiary/aromatic N) is 2. The standard InChI is InChI=1S/C9H17NO2.C8H15NO.3C8H16O3.C8H16O2.CH4/c1-3-8(2)9(11)10-4-6-12-7-5-10;1-3-7(2)9-6-4-5-8(9)10;1-4-7(2)8(9)11-6-5-10-3;1-4-6(2)8(10)11-5-7(3)9;1-4-6(2)8(10)11-7(3)5-9;1-4-6-10-8(9)7(3)5-2;/h8H,3-7H2,1-2H3;7H,3-6H2,1-2H3;7H,4-6H2,1-3H3;2*6-7,9H,4-5H2,1-3H3;7H,4-6H2,1-3H3;1H4. The summed E-state index contributed by atoms with van der Waals surface area (Å²) >= 11 is 0. The Kier molecular flexibility index (Phi) is 50.8. The van der Waals surface area contributed by atoms with Gasteiger partial charge in [-0.2, -0.15) is 0 Å². The minimum absolute atomic E-state index is 0. The van der Waals surface area contributed by atoms with Gasteiger partial charge in [0.2, 0.25) is 11.8 Å². The maximum atomic E-state index is 11.6. The van der Waals surface area contributed by atoms with Crippen molar-refractivity contribution in [3.05, 3.63) is 0 Å². The number of esters is 4. The molecule has 2 fully saturated rings.